The molecule has 0 aromatic rings. The molecule has 0 unspecified atom stereocenters. The molecule has 2 saturated heterocycles. The van der Waals surface area contributed by atoms with E-state index in [1.807, 2.05) is 0 Å². The van der Waals surface area contributed by atoms with Crippen LogP contribution in [0.4, 0.5) is 4.39 Å². The summed E-state index contributed by atoms with van der Waals surface area (Å²) in [6.07, 6.45) is 2.51. The lowest BCUT2D eigenvalue weighted by Gasteiger charge is -2.37. The second kappa shape index (κ2) is 2.72. The van der Waals surface area contributed by atoms with E-state index in [1.165, 1.54) is 12.8 Å². The first kappa shape index (κ1) is 7.50. The van der Waals surface area contributed by atoms with Gasteiger partial charge >= 0.3 is 0 Å². The summed E-state index contributed by atoms with van der Waals surface area (Å²) in [6.45, 7) is 3.98. The molecule has 0 saturated carbocycles. The van der Waals surface area contributed by atoms with Crippen LogP contribution in [0, 0.1) is 0 Å². The van der Waals surface area contributed by atoms with E-state index < -0.39 is 5.67 Å². The zero-order valence-electron chi connectivity index (χ0n) is 6.77. The normalized spacial score (nSPS) is 30.3. The Morgan fingerprint density at radius 2 is 1.91 bits per heavy atom. The minimum absolute atomic E-state index is 0.559. The Balaban J connectivity index is 1.79. The van der Waals surface area contributed by atoms with Crippen LogP contribution in [0.15, 0.2) is 0 Å². The first-order valence-corrected chi connectivity index (χ1v) is 4.41. The van der Waals surface area contributed by atoms with Gasteiger partial charge in [-0.2, -0.15) is 0 Å². The van der Waals surface area contributed by atoms with Crippen LogP contribution in [-0.4, -0.2) is 43.3 Å². The fraction of sp³-hybridized carbons (Fsp3) is 1.00. The molecule has 1 N–H and O–H groups in total. The number of nitrogens with zero attached hydrogens (tertiary/aromatic N) is 1. The zero-order valence-corrected chi connectivity index (χ0v) is 6.77. The van der Waals surface area contributed by atoms with Crippen LogP contribution >= 0.6 is 0 Å². The fourth-order valence-corrected chi connectivity index (χ4v) is 1.85. The van der Waals surface area contributed by atoms with Gasteiger partial charge in [-0.25, -0.2) is 4.39 Å². The van der Waals surface area contributed by atoms with Crippen LogP contribution in [-0.2, 0) is 0 Å². The lowest BCUT2D eigenvalue weighted by Crippen LogP contribution is -2.61. The second-order valence-corrected chi connectivity index (χ2v) is 3.74. The van der Waals surface area contributed by atoms with E-state index in [4.69, 9.17) is 0 Å². The summed E-state index contributed by atoms with van der Waals surface area (Å²) >= 11 is 0. The van der Waals surface area contributed by atoms with Gasteiger partial charge in [0.05, 0.1) is 0 Å². The Bertz CT molecular complexity index is 139. The highest BCUT2D eigenvalue weighted by Crippen LogP contribution is 2.20. The molecule has 0 aromatic heterocycles. The topological polar surface area (TPSA) is 15.3 Å². The van der Waals surface area contributed by atoms with Crippen LogP contribution in [0.3, 0.4) is 0 Å². The molecular formula is C8H15FN2. The van der Waals surface area contributed by atoms with Crippen LogP contribution < -0.4 is 5.32 Å². The zero-order chi connectivity index (χ0) is 7.73. The number of halogens is 1. The van der Waals surface area contributed by atoms with Gasteiger partial charge < -0.3 is 10.2 Å². The van der Waals surface area contributed by atoms with Crippen LogP contribution in [0.5, 0.6) is 0 Å². The smallest absolute Gasteiger partial charge is 0.148 e. The third-order valence-electron chi connectivity index (χ3n) is 2.59. The fourth-order valence-electron chi connectivity index (χ4n) is 1.85. The van der Waals surface area contributed by atoms with Gasteiger partial charge in [0.1, 0.15) is 5.67 Å². The van der Waals surface area contributed by atoms with Crippen LogP contribution in [0.2, 0.25) is 0 Å². The maximum absolute atomic E-state index is 13.5. The average Bonchev–Trinajstić information content (AvgIpc) is 2.36. The van der Waals surface area contributed by atoms with Crippen molar-refractivity contribution in [2.45, 2.75) is 18.5 Å². The van der Waals surface area contributed by atoms with Crippen molar-refractivity contribution in [1.29, 1.82) is 0 Å². The summed E-state index contributed by atoms with van der Waals surface area (Å²) in [5.41, 5.74) is -0.898. The molecule has 0 aliphatic carbocycles. The van der Waals surface area contributed by atoms with Crippen molar-refractivity contribution in [2.75, 3.05) is 32.7 Å². The highest BCUT2D eigenvalue weighted by molar-refractivity contribution is 4.96. The van der Waals surface area contributed by atoms with Crippen molar-refractivity contribution in [1.82, 2.24) is 10.2 Å². The predicted octanol–water partition coefficient (Wildman–Crippen LogP) is 0.394. The molecular weight excluding hydrogens is 143 g/mol. The Morgan fingerprint density at radius 1 is 1.27 bits per heavy atom. The van der Waals surface area contributed by atoms with Crippen molar-refractivity contribution in [3.63, 3.8) is 0 Å². The highest BCUT2D eigenvalue weighted by Gasteiger charge is 2.38. The van der Waals surface area contributed by atoms with Gasteiger partial charge in [-0.1, -0.05) is 0 Å². The van der Waals surface area contributed by atoms with Crippen molar-refractivity contribution < 1.29 is 4.39 Å². The Kier molecular flexibility index (Phi) is 1.85. The molecule has 2 nitrogen and oxygen atoms in total. The van der Waals surface area contributed by atoms with Gasteiger partial charge in [-0.3, -0.25) is 0 Å². The summed E-state index contributed by atoms with van der Waals surface area (Å²) in [6, 6.07) is 0. The maximum Gasteiger partial charge on any atom is 0.148 e. The van der Waals surface area contributed by atoms with Gasteiger partial charge in [-0.15, -0.1) is 0 Å². The van der Waals surface area contributed by atoms with Gasteiger partial charge in [-0.05, 0) is 25.9 Å². The molecule has 0 radical (unpaired) electrons. The van der Waals surface area contributed by atoms with Crippen molar-refractivity contribution in [3.05, 3.63) is 0 Å². The quantitative estimate of drug-likeness (QED) is 0.625. The number of nitrogens with one attached hydrogen (secondary N) is 1. The molecule has 0 atom stereocenters. The number of rotatable bonds is 2. The van der Waals surface area contributed by atoms with Crippen molar-refractivity contribution in [2.24, 2.45) is 0 Å². The summed E-state index contributed by atoms with van der Waals surface area (Å²) < 4.78 is 13.5. The standard InChI is InChI=1S/C8H15FN2/c9-8(5-10-6-8)7-11-3-1-2-4-11/h10H,1-7H2. The number of likely N-dealkylation sites (tertiary alicyclic amines) is 1. The Hall–Kier alpha value is -0.150. The molecule has 2 heterocycles. The van der Waals surface area contributed by atoms with E-state index in [0.717, 1.165) is 13.1 Å². The van der Waals surface area contributed by atoms with E-state index >= 15 is 0 Å². The Morgan fingerprint density at radius 3 is 2.36 bits per heavy atom. The second-order valence-electron chi connectivity index (χ2n) is 3.74. The SMILES string of the molecule is FC1(CN2CCCC2)CNC1. The van der Waals surface area contributed by atoms with Gasteiger partial charge in [0.25, 0.3) is 0 Å². The van der Waals surface area contributed by atoms with Gasteiger partial charge in [0, 0.05) is 19.6 Å². The lowest BCUT2D eigenvalue weighted by molar-refractivity contribution is 0.0509. The molecule has 0 bridgehead atoms. The largest absolute Gasteiger partial charge is 0.310 e. The molecule has 11 heavy (non-hydrogen) atoms. The first-order chi connectivity index (χ1) is 5.29. The number of alkyl halides is 1. The summed E-state index contributed by atoms with van der Waals surface area (Å²) in [5, 5.41) is 2.97. The molecule has 2 aliphatic heterocycles. The third kappa shape index (κ3) is 1.54. The summed E-state index contributed by atoms with van der Waals surface area (Å²) in [7, 11) is 0. The monoisotopic (exact) mass is 158 g/mol. The molecule has 2 rings (SSSR count). The van der Waals surface area contributed by atoms with E-state index in [1.54, 1.807) is 0 Å². The minimum Gasteiger partial charge on any atom is -0.310 e. The molecule has 0 spiro atoms. The predicted molar refractivity (Wildman–Crippen MR) is 42.4 cm³/mol. The minimum atomic E-state index is -0.898. The van der Waals surface area contributed by atoms with Crippen molar-refractivity contribution in [3.8, 4) is 0 Å². The summed E-state index contributed by atoms with van der Waals surface area (Å²) in [5.74, 6) is 0. The highest BCUT2D eigenvalue weighted by atomic mass is 19.1. The van der Waals surface area contributed by atoms with Gasteiger partial charge in [0.15, 0.2) is 0 Å². The molecule has 0 amide bonds. The van der Waals surface area contributed by atoms with Crippen LogP contribution in [0.25, 0.3) is 0 Å². The molecule has 2 fully saturated rings. The van der Waals surface area contributed by atoms with Gasteiger partial charge in [0.2, 0.25) is 0 Å². The average molecular weight is 158 g/mol. The van der Waals surface area contributed by atoms with Crippen LogP contribution in [0.1, 0.15) is 12.8 Å². The number of hydrogen-bond acceptors (Lipinski definition) is 2. The van der Waals surface area contributed by atoms with E-state index in [0.29, 0.717) is 19.6 Å². The number of hydrogen-bond donors (Lipinski definition) is 1. The molecule has 3 heteroatoms. The molecule has 0 aromatic carbocycles. The molecule has 64 valence electrons. The lowest BCUT2D eigenvalue weighted by atomic mass is 9.99. The van der Waals surface area contributed by atoms with E-state index in [9.17, 15) is 4.39 Å². The molecule has 2 aliphatic rings. The third-order valence-corrected chi connectivity index (χ3v) is 2.59. The van der Waals surface area contributed by atoms with E-state index in [2.05, 4.69) is 10.2 Å². The summed E-state index contributed by atoms with van der Waals surface area (Å²) in [4.78, 5) is 2.24. The Labute approximate surface area is 66.8 Å². The first-order valence-electron chi connectivity index (χ1n) is 4.41. The van der Waals surface area contributed by atoms with Crippen molar-refractivity contribution >= 4 is 0 Å². The van der Waals surface area contributed by atoms with E-state index in [-0.39, 0.29) is 0 Å². The maximum atomic E-state index is 13.5.